The van der Waals surface area contributed by atoms with Crippen molar-refractivity contribution in [2.75, 3.05) is 13.1 Å². The van der Waals surface area contributed by atoms with Crippen LogP contribution >= 0.6 is 11.3 Å². The van der Waals surface area contributed by atoms with E-state index >= 15 is 0 Å². The van der Waals surface area contributed by atoms with Gasteiger partial charge in [-0.05, 0) is 61.1 Å². The van der Waals surface area contributed by atoms with Crippen molar-refractivity contribution in [3.8, 4) is 0 Å². The van der Waals surface area contributed by atoms with Crippen LogP contribution in [0.1, 0.15) is 48.0 Å². The molecule has 2 fully saturated rings. The minimum atomic E-state index is -0.0976. The van der Waals surface area contributed by atoms with Crippen molar-refractivity contribution in [2.24, 2.45) is 5.92 Å². The predicted molar refractivity (Wildman–Crippen MR) is 106 cm³/mol. The average Bonchev–Trinajstić information content (AvgIpc) is 3.27. The monoisotopic (exact) mass is 383 g/mol. The Morgan fingerprint density at radius 2 is 2.22 bits per heavy atom. The number of hydrogen-bond acceptors (Lipinski definition) is 4. The number of hydrogen-bond donors (Lipinski definition) is 1. The van der Waals surface area contributed by atoms with Crippen molar-refractivity contribution in [1.82, 2.24) is 15.2 Å². The molecule has 1 aliphatic heterocycles. The molecular weight excluding hydrogens is 358 g/mol. The molecule has 0 spiro atoms. The summed E-state index contributed by atoms with van der Waals surface area (Å²) in [6.45, 7) is 1.56. The Kier molecular flexibility index (Phi) is 5.25. The van der Waals surface area contributed by atoms with Gasteiger partial charge in [-0.25, -0.2) is 0 Å². The lowest BCUT2D eigenvalue weighted by Gasteiger charge is -2.37. The Morgan fingerprint density at radius 3 is 2.93 bits per heavy atom. The fourth-order valence-corrected chi connectivity index (χ4v) is 4.73. The van der Waals surface area contributed by atoms with Gasteiger partial charge in [-0.1, -0.05) is 6.07 Å². The number of nitrogens with zero attached hydrogens (tertiary/aromatic N) is 2. The zero-order chi connectivity index (χ0) is 18.7. The first-order valence-corrected chi connectivity index (χ1v) is 10.6. The van der Waals surface area contributed by atoms with Gasteiger partial charge in [0.15, 0.2) is 0 Å². The normalized spacial score (nSPS) is 20.9. The second-order valence-corrected chi connectivity index (χ2v) is 8.45. The number of nitrogens with one attached hydrogen (secondary N) is 1. The molecule has 1 N–H and O–H groups in total. The van der Waals surface area contributed by atoms with Crippen LogP contribution in [0.5, 0.6) is 0 Å². The van der Waals surface area contributed by atoms with Crippen molar-refractivity contribution in [3.05, 3.63) is 52.5 Å². The van der Waals surface area contributed by atoms with Crippen LogP contribution in [0, 0.1) is 5.92 Å². The number of carbonyl (C=O) groups is 2. The quantitative estimate of drug-likeness (QED) is 0.833. The summed E-state index contributed by atoms with van der Waals surface area (Å²) in [4.78, 5) is 31.3. The maximum Gasteiger partial charge on any atom is 0.254 e. The van der Waals surface area contributed by atoms with E-state index in [4.69, 9.17) is 0 Å². The summed E-state index contributed by atoms with van der Waals surface area (Å²) in [6, 6.07) is 5.79. The number of amides is 2. The highest BCUT2D eigenvalue weighted by atomic mass is 32.1. The third-order valence-electron chi connectivity index (χ3n) is 5.80. The third kappa shape index (κ3) is 4.21. The molecule has 142 valence electrons. The highest BCUT2D eigenvalue weighted by Gasteiger charge is 2.51. The molecule has 1 saturated carbocycles. The largest absolute Gasteiger partial charge is 0.350 e. The van der Waals surface area contributed by atoms with Crippen LogP contribution in [0.2, 0.25) is 0 Å². The molecule has 5 nitrogen and oxygen atoms in total. The van der Waals surface area contributed by atoms with Crippen LogP contribution in [-0.2, 0) is 11.2 Å². The molecule has 0 bridgehead atoms. The summed E-state index contributed by atoms with van der Waals surface area (Å²) in [5, 5.41) is 7.17. The van der Waals surface area contributed by atoms with Crippen LogP contribution in [0.25, 0.3) is 0 Å². The Balaban J connectivity index is 1.33. The SMILES string of the molecule is O=C(CCc1cccnc1)NC1(C2CCCN(C(=O)c3ccsc3)C2)CC1. The standard InChI is InChI=1S/C21H25N3O2S/c25-19(6-5-16-3-1-10-22-13-16)23-21(8-9-21)18-4-2-11-24(14-18)20(26)17-7-12-27-15-17/h1,3,7,10,12-13,15,18H,2,4-6,8-9,11,14H2,(H,23,25). The molecule has 1 atom stereocenters. The highest BCUT2D eigenvalue weighted by molar-refractivity contribution is 7.08. The summed E-state index contributed by atoms with van der Waals surface area (Å²) in [5.41, 5.74) is 1.77. The second-order valence-electron chi connectivity index (χ2n) is 7.67. The number of aromatic nitrogens is 1. The molecule has 1 unspecified atom stereocenters. The van der Waals surface area contributed by atoms with Crippen molar-refractivity contribution < 1.29 is 9.59 Å². The molecule has 4 rings (SSSR count). The fourth-order valence-electron chi connectivity index (χ4n) is 4.10. The number of thiophene rings is 1. The lowest BCUT2D eigenvalue weighted by atomic mass is 9.88. The van der Waals surface area contributed by atoms with E-state index in [1.54, 1.807) is 17.5 Å². The number of pyridine rings is 1. The Hall–Kier alpha value is -2.21. The van der Waals surface area contributed by atoms with Crippen LogP contribution in [0.3, 0.4) is 0 Å². The summed E-state index contributed by atoms with van der Waals surface area (Å²) in [5.74, 6) is 0.591. The molecule has 27 heavy (non-hydrogen) atoms. The van der Waals surface area contributed by atoms with Crippen molar-refractivity contribution >= 4 is 23.2 Å². The van der Waals surface area contributed by atoms with Gasteiger partial charge in [0, 0.05) is 42.8 Å². The minimum absolute atomic E-state index is 0.0976. The zero-order valence-corrected chi connectivity index (χ0v) is 16.2. The van der Waals surface area contributed by atoms with E-state index in [1.165, 1.54) is 0 Å². The first-order valence-electron chi connectivity index (χ1n) is 9.68. The first-order chi connectivity index (χ1) is 13.2. The molecule has 0 radical (unpaired) electrons. The van der Waals surface area contributed by atoms with Gasteiger partial charge < -0.3 is 10.2 Å². The third-order valence-corrected chi connectivity index (χ3v) is 6.48. The van der Waals surface area contributed by atoms with Gasteiger partial charge in [0.25, 0.3) is 5.91 Å². The number of likely N-dealkylation sites (tertiary alicyclic amines) is 1. The van der Waals surface area contributed by atoms with Gasteiger partial charge >= 0.3 is 0 Å². The molecule has 2 aromatic rings. The van der Waals surface area contributed by atoms with Crippen molar-refractivity contribution in [3.63, 3.8) is 0 Å². The molecule has 3 heterocycles. The lowest BCUT2D eigenvalue weighted by molar-refractivity contribution is -0.122. The van der Waals surface area contributed by atoms with Crippen LogP contribution in [-0.4, -0.2) is 40.3 Å². The maximum absolute atomic E-state index is 12.7. The van der Waals surface area contributed by atoms with Crippen LogP contribution < -0.4 is 5.32 Å². The van der Waals surface area contributed by atoms with Gasteiger partial charge in [-0.15, -0.1) is 0 Å². The molecule has 1 aliphatic carbocycles. The topological polar surface area (TPSA) is 62.3 Å². The van der Waals surface area contributed by atoms with E-state index in [-0.39, 0.29) is 17.4 Å². The first kappa shape index (κ1) is 18.2. The molecule has 2 aliphatic rings. The van der Waals surface area contributed by atoms with Crippen molar-refractivity contribution in [2.45, 2.75) is 44.1 Å². The molecule has 0 aromatic carbocycles. The summed E-state index contributed by atoms with van der Waals surface area (Å²) < 4.78 is 0. The zero-order valence-electron chi connectivity index (χ0n) is 15.4. The van der Waals surface area contributed by atoms with E-state index in [2.05, 4.69) is 10.3 Å². The molecule has 2 amide bonds. The number of rotatable bonds is 6. The highest BCUT2D eigenvalue weighted by Crippen LogP contribution is 2.46. The molecule has 6 heteroatoms. The van der Waals surface area contributed by atoms with Crippen LogP contribution in [0.15, 0.2) is 41.4 Å². The lowest BCUT2D eigenvalue weighted by Crippen LogP contribution is -2.50. The fraction of sp³-hybridized carbons (Fsp3) is 0.476. The Labute approximate surface area is 163 Å². The van der Waals surface area contributed by atoms with E-state index < -0.39 is 0 Å². The summed E-state index contributed by atoms with van der Waals surface area (Å²) >= 11 is 1.55. The van der Waals surface area contributed by atoms with Gasteiger partial charge in [0.2, 0.25) is 5.91 Å². The van der Waals surface area contributed by atoms with E-state index in [0.717, 1.165) is 49.9 Å². The second kappa shape index (κ2) is 7.80. The summed E-state index contributed by atoms with van der Waals surface area (Å²) in [7, 11) is 0. The molecular formula is C21H25N3O2S. The number of aryl methyl sites for hydroxylation is 1. The number of carbonyl (C=O) groups excluding carboxylic acids is 2. The summed E-state index contributed by atoms with van der Waals surface area (Å²) in [6.07, 6.45) is 8.89. The number of piperidine rings is 1. The molecule has 2 aromatic heterocycles. The average molecular weight is 384 g/mol. The Bertz CT molecular complexity index is 787. The smallest absolute Gasteiger partial charge is 0.254 e. The molecule has 1 saturated heterocycles. The van der Waals surface area contributed by atoms with Gasteiger partial charge in [-0.2, -0.15) is 11.3 Å². The minimum Gasteiger partial charge on any atom is -0.350 e. The Morgan fingerprint density at radius 1 is 1.33 bits per heavy atom. The van der Waals surface area contributed by atoms with Gasteiger partial charge in [0.1, 0.15) is 0 Å². The maximum atomic E-state index is 12.7. The predicted octanol–water partition coefficient (Wildman–Crippen LogP) is 3.28. The van der Waals surface area contributed by atoms with Crippen LogP contribution in [0.4, 0.5) is 0 Å². The van der Waals surface area contributed by atoms with Gasteiger partial charge in [-0.3, -0.25) is 14.6 Å². The van der Waals surface area contributed by atoms with Crippen molar-refractivity contribution in [1.29, 1.82) is 0 Å². The van der Waals surface area contributed by atoms with E-state index in [9.17, 15) is 9.59 Å². The van der Waals surface area contributed by atoms with Gasteiger partial charge in [0.05, 0.1) is 5.56 Å². The van der Waals surface area contributed by atoms with E-state index in [1.807, 2.05) is 40.1 Å². The van der Waals surface area contributed by atoms with E-state index in [0.29, 0.717) is 18.8 Å².